The second-order valence-electron chi connectivity index (χ2n) is 8.71. The van der Waals surface area contributed by atoms with Gasteiger partial charge in [-0.3, -0.25) is 14.4 Å². The summed E-state index contributed by atoms with van der Waals surface area (Å²) in [6.07, 6.45) is 2.20. The quantitative estimate of drug-likeness (QED) is 0.208. The lowest BCUT2D eigenvalue weighted by atomic mass is 10.0. The summed E-state index contributed by atoms with van der Waals surface area (Å²) in [6, 6.07) is 15.0. The first kappa shape index (κ1) is 27.4. The van der Waals surface area contributed by atoms with Crippen molar-refractivity contribution in [1.82, 2.24) is 15.6 Å². The van der Waals surface area contributed by atoms with Crippen LogP contribution in [0.2, 0.25) is 0 Å². The zero-order valence-electron chi connectivity index (χ0n) is 20.4. The molecular formula is C27H32N4O6. The van der Waals surface area contributed by atoms with E-state index in [2.05, 4.69) is 15.6 Å². The fraction of sp³-hybridized carbons (Fsp3) is 0.333. The molecule has 3 aromatic rings. The van der Waals surface area contributed by atoms with Crippen LogP contribution >= 0.6 is 0 Å². The van der Waals surface area contributed by atoms with Gasteiger partial charge in [-0.2, -0.15) is 0 Å². The molecule has 0 saturated heterocycles. The summed E-state index contributed by atoms with van der Waals surface area (Å²) in [5.41, 5.74) is 8.79. The number of benzene rings is 2. The first-order chi connectivity index (χ1) is 17.8. The van der Waals surface area contributed by atoms with Gasteiger partial charge in [0.15, 0.2) is 0 Å². The van der Waals surface area contributed by atoms with Gasteiger partial charge in [0.1, 0.15) is 12.6 Å². The number of amides is 2. The normalized spacial score (nSPS) is 12.5. The predicted octanol–water partition coefficient (Wildman–Crippen LogP) is 2.03. The van der Waals surface area contributed by atoms with Crippen LogP contribution in [0.3, 0.4) is 0 Å². The number of carboxylic acid groups (broad SMARTS) is 1. The van der Waals surface area contributed by atoms with E-state index in [1.54, 1.807) is 0 Å². The van der Waals surface area contributed by atoms with Crippen LogP contribution in [0.15, 0.2) is 60.8 Å². The predicted molar refractivity (Wildman–Crippen MR) is 137 cm³/mol. The van der Waals surface area contributed by atoms with Crippen molar-refractivity contribution in [3.63, 3.8) is 0 Å². The maximum Gasteiger partial charge on any atom is 0.329 e. The minimum absolute atomic E-state index is 0.0346. The highest BCUT2D eigenvalue weighted by Crippen LogP contribution is 2.18. The molecule has 37 heavy (non-hydrogen) atoms. The third-order valence-corrected chi connectivity index (χ3v) is 5.82. The van der Waals surface area contributed by atoms with Crippen LogP contribution in [0.5, 0.6) is 0 Å². The topological polar surface area (TPSA) is 164 Å². The van der Waals surface area contributed by atoms with Crippen molar-refractivity contribution in [2.24, 2.45) is 5.73 Å². The average molecular weight is 509 g/mol. The lowest BCUT2D eigenvalue weighted by Gasteiger charge is -2.19. The highest BCUT2D eigenvalue weighted by Gasteiger charge is 2.23. The van der Waals surface area contributed by atoms with E-state index < -0.39 is 29.9 Å². The van der Waals surface area contributed by atoms with Crippen LogP contribution in [0, 0.1) is 0 Å². The molecule has 196 valence electrons. The Morgan fingerprint density at radius 2 is 1.73 bits per heavy atom. The number of aromatic nitrogens is 1. The molecule has 0 aliphatic rings. The molecule has 2 amide bonds. The van der Waals surface area contributed by atoms with E-state index in [0.717, 1.165) is 22.0 Å². The lowest BCUT2D eigenvalue weighted by molar-refractivity contribution is -0.149. The molecule has 0 aliphatic heterocycles. The van der Waals surface area contributed by atoms with E-state index in [9.17, 15) is 19.2 Å². The number of H-pyrrole nitrogens is 1. The molecule has 0 aliphatic carbocycles. The Morgan fingerprint density at radius 3 is 2.49 bits per heavy atom. The summed E-state index contributed by atoms with van der Waals surface area (Å²) in [5.74, 6) is -2.49. The standard InChI is InChI=1S/C27H32N4O6/c28-21(15-19-16-30-22-10-5-4-9-20(19)22)26(35)29-14-13-23(31-24(32)11-6-12-25(33)34)27(36)37-17-18-7-2-1-3-8-18/h1-5,7-10,16,21,23,30H,6,11-15,17,28H2,(H,29,35)(H,31,32)(H,33,34)/t21-,23-/m1/s1. The lowest BCUT2D eigenvalue weighted by Crippen LogP contribution is -2.46. The molecule has 10 heteroatoms. The third kappa shape index (κ3) is 8.76. The smallest absolute Gasteiger partial charge is 0.329 e. The molecule has 0 radical (unpaired) electrons. The van der Waals surface area contributed by atoms with Gasteiger partial charge in [-0.05, 0) is 36.5 Å². The SMILES string of the molecule is N[C@H](Cc1c[nH]c2ccccc12)C(=O)NCC[C@@H](NC(=O)CCCC(=O)O)C(=O)OCc1ccccc1. The average Bonchev–Trinajstić information content (AvgIpc) is 3.29. The zero-order chi connectivity index (χ0) is 26.6. The van der Waals surface area contributed by atoms with Gasteiger partial charge >= 0.3 is 11.9 Å². The number of carbonyl (C=O) groups excluding carboxylic acids is 3. The number of carboxylic acids is 1. The Balaban J connectivity index is 1.52. The Bertz CT molecular complexity index is 1210. The molecular weight excluding hydrogens is 476 g/mol. The van der Waals surface area contributed by atoms with Crippen LogP contribution in [0.4, 0.5) is 0 Å². The molecule has 1 aromatic heterocycles. The maximum atomic E-state index is 12.7. The number of esters is 1. The van der Waals surface area contributed by atoms with Gasteiger partial charge in [-0.25, -0.2) is 4.79 Å². The number of nitrogens with one attached hydrogen (secondary N) is 3. The molecule has 2 atom stereocenters. The number of rotatable bonds is 14. The molecule has 3 rings (SSSR count). The van der Waals surface area contributed by atoms with Crippen LogP contribution in [0.25, 0.3) is 10.9 Å². The summed E-state index contributed by atoms with van der Waals surface area (Å²) in [5, 5.41) is 15.1. The van der Waals surface area contributed by atoms with Crippen molar-refractivity contribution in [2.45, 2.75) is 50.8 Å². The molecule has 1 heterocycles. The van der Waals surface area contributed by atoms with Gasteiger partial charge in [-0.15, -0.1) is 0 Å². The Morgan fingerprint density at radius 1 is 1.00 bits per heavy atom. The van der Waals surface area contributed by atoms with Crippen molar-refractivity contribution in [3.8, 4) is 0 Å². The number of para-hydroxylation sites is 1. The number of hydrogen-bond donors (Lipinski definition) is 5. The second kappa shape index (κ2) is 13.8. The van der Waals surface area contributed by atoms with Crippen LogP contribution in [-0.4, -0.2) is 52.5 Å². The Kier molecular flexibility index (Phi) is 10.2. The molecule has 2 aromatic carbocycles. The van der Waals surface area contributed by atoms with E-state index in [1.807, 2.05) is 60.8 Å². The summed E-state index contributed by atoms with van der Waals surface area (Å²) in [4.78, 5) is 51.4. The Hall–Kier alpha value is -4.18. The largest absolute Gasteiger partial charge is 0.481 e. The molecule has 0 saturated carbocycles. The summed E-state index contributed by atoms with van der Waals surface area (Å²) >= 11 is 0. The van der Waals surface area contributed by atoms with Crippen molar-refractivity contribution in [1.29, 1.82) is 0 Å². The minimum Gasteiger partial charge on any atom is -0.481 e. The third-order valence-electron chi connectivity index (χ3n) is 5.82. The number of hydrogen-bond acceptors (Lipinski definition) is 6. The number of nitrogens with two attached hydrogens (primary N) is 1. The van der Waals surface area contributed by atoms with E-state index >= 15 is 0 Å². The minimum atomic E-state index is -1.01. The van der Waals surface area contributed by atoms with Crippen LogP contribution < -0.4 is 16.4 Å². The molecule has 0 unspecified atom stereocenters. The highest BCUT2D eigenvalue weighted by molar-refractivity contribution is 5.86. The summed E-state index contributed by atoms with van der Waals surface area (Å²) in [7, 11) is 0. The molecule has 0 spiro atoms. The monoisotopic (exact) mass is 508 g/mol. The van der Waals surface area contributed by atoms with Crippen molar-refractivity contribution in [3.05, 3.63) is 71.9 Å². The van der Waals surface area contributed by atoms with Gasteiger partial charge in [-0.1, -0.05) is 48.5 Å². The molecule has 10 nitrogen and oxygen atoms in total. The Labute approximate surface area is 214 Å². The fourth-order valence-corrected chi connectivity index (χ4v) is 3.85. The van der Waals surface area contributed by atoms with Crippen LogP contribution in [-0.2, 0) is 36.9 Å². The highest BCUT2D eigenvalue weighted by atomic mass is 16.5. The van der Waals surface area contributed by atoms with Gasteiger partial charge < -0.3 is 31.2 Å². The second-order valence-corrected chi connectivity index (χ2v) is 8.71. The fourth-order valence-electron chi connectivity index (χ4n) is 3.85. The van der Waals surface area contributed by atoms with Gasteiger partial charge in [0.2, 0.25) is 11.8 Å². The zero-order valence-corrected chi connectivity index (χ0v) is 20.4. The summed E-state index contributed by atoms with van der Waals surface area (Å²) in [6.45, 7) is 0.119. The van der Waals surface area contributed by atoms with Gasteiger partial charge in [0, 0.05) is 36.5 Å². The van der Waals surface area contributed by atoms with Gasteiger partial charge in [0.25, 0.3) is 0 Å². The molecule has 6 N–H and O–H groups in total. The number of ether oxygens (including phenoxy) is 1. The maximum absolute atomic E-state index is 12.7. The van der Waals surface area contributed by atoms with Gasteiger partial charge in [0.05, 0.1) is 6.04 Å². The molecule has 0 fully saturated rings. The van der Waals surface area contributed by atoms with E-state index in [1.165, 1.54) is 0 Å². The summed E-state index contributed by atoms with van der Waals surface area (Å²) < 4.78 is 5.36. The van der Waals surface area contributed by atoms with Crippen molar-refractivity contribution >= 4 is 34.7 Å². The number of fused-ring (bicyclic) bond motifs is 1. The van der Waals surface area contributed by atoms with Crippen LogP contribution in [0.1, 0.15) is 36.8 Å². The number of aromatic amines is 1. The number of carbonyl (C=O) groups is 4. The van der Waals surface area contributed by atoms with E-state index in [-0.39, 0.29) is 44.7 Å². The molecule has 0 bridgehead atoms. The first-order valence-corrected chi connectivity index (χ1v) is 12.1. The first-order valence-electron chi connectivity index (χ1n) is 12.1. The van der Waals surface area contributed by atoms with Crippen molar-refractivity contribution < 1.29 is 29.0 Å². The van der Waals surface area contributed by atoms with E-state index in [4.69, 9.17) is 15.6 Å². The van der Waals surface area contributed by atoms with E-state index in [0.29, 0.717) is 6.42 Å². The van der Waals surface area contributed by atoms with Crippen molar-refractivity contribution in [2.75, 3.05) is 6.54 Å². The number of aliphatic carboxylic acids is 1.